The average molecular weight is 1360 g/mol. The fraction of sp³-hybridized carbons (Fsp3) is 0.556. The Bertz CT molecular complexity index is 3090. The Kier molecular flexibility index (Phi) is 34.1. The van der Waals surface area contributed by atoms with E-state index in [1.165, 1.54) is 29.2 Å². The molecule has 2 aromatic rings. The smallest absolute Gasteiger partial charge is 0.245 e. The number of phenolic OH excluding ortho intramolecular Hbond substituents is 1. The van der Waals surface area contributed by atoms with Gasteiger partial charge in [-0.15, -0.1) is 0 Å². The molecule has 97 heavy (non-hydrogen) atoms. The summed E-state index contributed by atoms with van der Waals surface area (Å²) in [5, 5.41) is 33.9. The molecule has 0 unspecified atom stereocenters. The predicted molar refractivity (Wildman–Crippen MR) is 363 cm³/mol. The van der Waals surface area contributed by atoms with E-state index in [1.54, 1.807) is 56.3 Å². The number of aromatic hydroxyl groups is 1. The number of likely N-dealkylation sites (tertiary alicyclic amines) is 1. The van der Waals surface area contributed by atoms with Gasteiger partial charge in [0.1, 0.15) is 60.1 Å². The molecule has 0 spiro atoms. The van der Waals surface area contributed by atoms with E-state index in [0.717, 1.165) is 0 Å². The van der Waals surface area contributed by atoms with Crippen LogP contribution in [0, 0.1) is 5.92 Å². The summed E-state index contributed by atoms with van der Waals surface area (Å²) in [6.45, 7) is 3.33. The van der Waals surface area contributed by atoms with Gasteiger partial charge in [0.25, 0.3) is 0 Å². The van der Waals surface area contributed by atoms with Crippen molar-refractivity contribution in [3.8, 4) is 5.75 Å². The van der Waals surface area contributed by atoms with Gasteiger partial charge in [0, 0.05) is 32.6 Å². The molecule has 1 saturated heterocycles. The van der Waals surface area contributed by atoms with E-state index in [4.69, 9.17) is 51.6 Å². The number of nitrogens with zero attached hydrogens (tertiary/aromatic N) is 4. The molecule has 2 aromatic carbocycles. The number of carbonyl (C=O) groups is 11. The maximum atomic E-state index is 14.8. The highest BCUT2D eigenvalue weighted by Gasteiger charge is 2.41. The summed E-state index contributed by atoms with van der Waals surface area (Å²) in [6, 6.07) is 1.70. The Balaban J connectivity index is 1.68. The van der Waals surface area contributed by atoms with Gasteiger partial charge < -0.3 is 109 Å². The summed E-state index contributed by atoms with van der Waals surface area (Å²) in [5.74, 6) is -9.95. The minimum Gasteiger partial charge on any atom is -0.508 e. The first kappa shape index (κ1) is 79.3. The first-order valence-corrected chi connectivity index (χ1v) is 32.6. The van der Waals surface area contributed by atoms with Gasteiger partial charge in [-0.05, 0) is 126 Å². The average Bonchev–Trinajstić information content (AvgIpc) is 1.77. The maximum absolute atomic E-state index is 14.8. The zero-order valence-electron chi connectivity index (χ0n) is 55.2. The van der Waals surface area contributed by atoms with Crippen molar-refractivity contribution >= 4 is 82.9 Å². The third kappa shape index (κ3) is 28.4. The lowest BCUT2D eigenvalue weighted by molar-refractivity contribution is -0.142. The van der Waals surface area contributed by atoms with Gasteiger partial charge in [-0.2, -0.15) is 0 Å². The lowest BCUT2D eigenvalue weighted by atomic mass is 9.96. The van der Waals surface area contributed by atoms with Gasteiger partial charge in [0.15, 0.2) is 17.9 Å². The third-order valence-electron chi connectivity index (χ3n) is 16.2. The highest BCUT2D eigenvalue weighted by atomic mass is 16.3. The Hall–Kier alpha value is -10.1. The molecule has 4 rings (SSSR count). The van der Waals surface area contributed by atoms with E-state index in [0.29, 0.717) is 43.4 Å². The largest absolute Gasteiger partial charge is 0.508 e. The van der Waals surface area contributed by atoms with Crippen LogP contribution in [0.1, 0.15) is 115 Å². The van der Waals surface area contributed by atoms with E-state index < -0.39 is 138 Å². The summed E-state index contributed by atoms with van der Waals surface area (Å²) in [7, 11) is 0. The third-order valence-corrected chi connectivity index (χ3v) is 16.2. The van der Waals surface area contributed by atoms with Gasteiger partial charge in [0.2, 0.25) is 65.0 Å². The van der Waals surface area contributed by atoms with Crippen LogP contribution in [0.25, 0.3) is 0 Å². The van der Waals surface area contributed by atoms with E-state index >= 15 is 0 Å². The van der Waals surface area contributed by atoms with Crippen LogP contribution in [0.4, 0.5) is 0 Å². The fourth-order valence-corrected chi connectivity index (χ4v) is 10.7. The molecule has 0 bridgehead atoms. The molecular formula is C63H100N22O12. The number of nitrogens with two attached hydrogens (primary N) is 9. The Morgan fingerprint density at radius 1 is 0.629 bits per heavy atom. The van der Waals surface area contributed by atoms with Gasteiger partial charge in [-0.3, -0.25) is 67.7 Å². The summed E-state index contributed by atoms with van der Waals surface area (Å²) in [5.41, 5.74) is 52.4. The quantitative estimate of drug-likeness (QED) is 0.0131. The first-order chi connectivity index (χ1) is 46.2. The number of primary amides is 1. The topological polar surface area (TPSA) is 591 Å². The van der Waals surface area contributed by atoms with Gasteiger partial charge in [0.05, 0.1) is 12.6 Å². The summed E-state index contributed by atoms with van der Waals surface area (Å²) in [4.78, 5) is 168. The fourth-order valence-electron chi connectivity index (χ4n) is 10.7. The van der Waals surface area contributed by atoms with E-state index in [2.05, 4.69) is 62.8 Å². The molecule has 2 aliphatic rings. The lowest BCUT2D eigenvalue weighted by Crippen LogP contribution is -2.61. The molecule has 0 aromatic heterocycles. The van der Waals surface area contributed by atoms with Gasteiger partial charge in [-0.1, -0.05) is 74.9 Å². The zero-order valence-corrected chi connectivity index (χ0v) is 55.2. The Labute approximate surface area is 563 Å². The monoisotopic (exact) mass is 1360 g/mol. The number of amides is 11. The van der Waals surface area contributed by atoms with Crippen LogP contribution in [0.2, 0.25) is 0 Å². The molecule has 34 heteroatoms. The van der Waals surface area contributed by atoms with Crippen molar-refractivity contribution in [1.82, 2.24) is 52.8 Å². The maximum Gasteiger partial charge on any atom is 0.245 e. The van der Waals surface area contributed by atoms with Crippen molar-refractivity contribution < 1.29 is 57.8 Å². The van der Waals surface area contributed by atoms with Crippen molar-refractivity contribution in [3.05, 3.63) is 77.9 Å². The number of rotatable bonds is 36. The predicted octanol–water partition coefficient (Wildman–Crippen LogP) is -5.34. The molecule has 0 radical (unpaired) electrons. The second-order valence-corrected chi connectivity index (χ2v) is 23.9. The molecule has 11 amide bonds. The van der Waals surface area contributed by atoms with Crippen LogP contribution in [0.15, 0.2) is 81.7 Å². The number of aliphatic imine (C=N–C) groups is 3. The number of nitrogens with one attached hydrogen (secondary N) is 9. The van der Waals surface area contributed by atoms with E-state index in [-0.39, 0.29) is 127 Å². The molecule has 534 valence electrons. The second kappa shape index (κ2) is 41.7. The van der Waals surface area contributed by atoms with Crippen molar-refractivity contribution in [2.45, 2.75) is 177 Å². The van der Waals surface area contributed by atoms with Crippen LogP contribution in [-0.4, -0.2) is 193 Å². The molecule has 2 heterocycles. The number of benzene rings is 2. The van der Waals surface area contributed by atoms with Crippen molar-refractivity contribution in [2.24, 2.45) is 72.5 Å². The molecule has 0 aliphatic carbocycles. The molecule has 0 saturated carbocycles. The normalized spacial score (nSPS) is 19.1. The number of hydrogen-bond acceptors (Lipinski definition) is 17. The molecule has 11 atom stereocenters. The number of unbranched alkanes of at least 4 members (excludes halogenated alkanes) is 1. The Morgan fingerprint density at radius 3 is 1.77 bits per heavy atom. The number of phenols is 1. The zero-order chi connectivity index (χ0) is 71.6. The number of hydrogen-bond donors (Lipinski definition) is 19. The van der Waals surface area contributed by atoms with Crippen LogP contribution < -0.4 is 99.5 Å². The van der Waals surface area contributed by atoms with Crippen LogP contribution in [0.5, 0.6) is 5.75 Å². The highest BCUT2D eigenvalue weighted by Crippen LogP contribution is 2.22. The molecule has 1 fully saturated rings. The highest BCUT2D eigenvalue weighted by molar-refractivity contribution is 5.99. The van der Waals surface area contributed by atoms with Gasteiger partial charge >= 0.3 is 0 Å². The standard InChI is InChI=1S/C63H100N22O12/c1-3-36(2)50(59(96)83-46(22-13-31-75-63(71)72)60(97)85-32-14-23-48(85)58(95)78-41(51(66)88)17-9-10-28-64)84-56(93)45(21-12-30-74-62(69)70)81-55(92)44(20-11-29-73-61(67)68)80-54(91)43-19-8-7-18-42(79-52(89)40(65)33-38-24-26-39(86)27-25-38)53(90)76-35-49(87)77-47(57(94)82-43)34-37-15-5-4-6-16-37/h4-8,15-16,24-27,36,40-48,50,86H,3,9-14,17-23,28-35,64-65H2,1-2H3,(H2,66,88)(H,76,90)(H,77,87)(H,78,95)(H,79,89)(H,80,91)(H,81,92)(H,82,94)(H,83,96)(H,84,93)(H4,67,68,73)(H4,69,70,74)(H4,71,72,75)/b8-7-/t36-,40-,41-,42-,43-,44-,45-,46-,47-,48-,50-/m0/s1. The molecule has 34 nitrogen and oxygen atoms in total. The van der Waals surface area contributed by atoms with E-state index in [1.807, 2.05) is 0 Å². The number of carbonyl (C=O) groups excluding carboxylic acids is 11. The van der Waals surface area contributed by atoms with Gasteiger partial charge in [-0.25, -0.2) is 0 Å². The van der Waals surface area contributed by atoms with Crippen LogP contribution >= 0.6 is 0 Å². The van der Waals surface area contributed by atoms with E-state index in [9.17, 15) is 57.8 Å². The van der Waals surface area contributed by atoms with Crippen molar-refractivity contribution in [2.75, 3.05) is 39.3 Å². The summed E-state index contributed by atoms with van der Waals surface area (Å²) >= 11 is 0. The van der Waals surface area contributed by atoms with Crippen molar-refractivity contribution in [3.63, 3.8) is 0 Å². The number of guanidine groups is 3. The summed E-state index contributed by atoms with van der Waals surface area (Å²) in [6.07, 6.45) is 4.71. The lowest BCUT2D eigenvalue weighted by Gasteiger charge is -2.32. The van der Waals surface area contributed by atoms with Crippen LogP contribution in [0.3, 0.4) is 0 Å². The molecule has 2 aliphatic heterocycles. The minimum atomic E-state index is -1.49. The SMILES string of the molecule is CC[C@H](C)[C@H](NC(=O)[C@H](CCCN=C(N)N)NC(=O)[C@H](CCCN=C(N)N)NC(=O)[C@@H]1C/C=C\C[C@H](NC(=O)[C@@H](N)Cc2ccc(O)cc2)C(=O)NCC(=O)N[C@@H](Cc2ccccc2)C(=O)N1)C(=O)N[C@@H](CCCN=C(N)N)C(=O)N1CCC[C@H]1C(=O)N[C@@H](CCCCN)C(N)=O. The molecule has 28 N–H and O–H groups in total. The van der Waals surface area contributed by atoms with Crippen LogP contribution in [-0.2, 0) is 65.6 Å². The second-order valence-electron chi connectivity index (χ2n) is 23.9. The summed E-state index contributed by atoms with van der Waals surface area (Å²) < 4.78 is 0. The molecular weight excluding hydrogens is 1260 g/mol. The first-order valence-electron chi connectivity index (χ1n) is 32.6. The minimum absolute atomic E-state index is 0.00690. The van der Waals surface area contributed by atoms with Crippen molar-refractivity contribution in [1.29, 1.82) is 0 Å². The Morgan fingerprint density at radius 2 is 1.19 bits per heavy atom.